The predicted molar refractivity (Wildman–Crippen MR) is 53.9 cm³/mol. The molecule has 0 heterocycles. The number of aliphatic carboxylic acids is 1. The highest BCUT2D eigenvalue weighted by Gasteiger charge is 2.17. The first-order valence-corrected chi connectivity index (χ1v) is 4.86. The molecule has 82 valence electrons. The lowest BCUT2D eigenvalue weighted by Crippen LogP contribution is -2.39. The molecule has 0 radical (unpaired) electrons. The van der Waals surface area contributed by atoms with Gasteiger partial charge >= 0.3 is 5.97 Å². The van der Waals surface area contributed by atoms with Gasteiger partial charge in [0.25, 0.3) is 0 Å². The van der Waals surface area contributed by atoms with Crippen LogP contribution in [0, 0.1) is 11.8 Å². The summed E-state index contributed by atoms with van der Waals surface area (Å²) in [5.41, 5.74) is 0. The average molecular weight is 201 g/mol. The molecule has 0 aromatic heterocycles. The molecule has 2 atom stereocenters. The predicted octanol–water partition coefficient (Wildman–Crippen LogP) is 1.26. The van der Waals surface area contributed by atoms with Crippen LogP contribution < -0.4 is 5.32 Å². The van der Waals surface area contributed by atoms with Crippen LogP contribution in [-0.4, -0.2) is 23.0 Å². The molecule has 4 nitrogen and oxygen atoms in total. The van der Waals surface area contributed by atoms with Crippen LogP contribution in [0.25, 0.3) is 0 Å². The van der Waals surface area contributed by atoms with Gasteiger partial charge in [-0.15, -0.1) is 0 Å². The summed E-state index contributed by atoms with van der Waals surface area (Å²) in [5, 5.41) is 11.0. The monoisotopic (exact) mass is 201 g/mol. The Morgan fingerprint density at radius 2 is 1.71 bits per heavy atom. The van der Waals surface area contributed by atoms with Gasteiger partial charge in [0, 0.05) is 6.42 Å². The van der Waals surface area contributed by atoms with E-state index in [9.17, 15) is 9.59 Å². The minimum absolute atomic E-state index is 0.193. The van der Waals surface area contributed by atoms with Gasteiger partial charge in [-0.1, -0.05) is 20.8 Å². The number of hydrogen-bond acceptors (Lipinski definition) is 2. The third kappa shape index (κ3) is 4.84. The molecule has 0 fully saturated rings. The highest BCUT2D eigenvalue weighted by Crippen LogP contribution is 2.13. The molecule has 0 aliphatic rings. The summed E-state index contributed by atoms with van der Waals surface area (Å²) in [6.45, 7) is 7.52. The third-order valence-electron chi connectivity index (χ3n) is 2.39. The maximum absolute atomic E-state index is 11.3. The normalized spacial score (nSPS) is 14.9. The highest BCUT2D eigenvalue weighted by atomic mass is 16.4. The van der Waals surface area contributed by atoms with Crippen molar-refractivity contribution in [2.45, 2.75) is 40.2 Å². The first-order valence-electron chi connectivity index (χ1n) is 4.86. The zero-order valence-electron chi connectivity index (χ0n) is 9.20. The summed E-state index contributed by atoms with van der Waals surface area (Å²) in [5.74, 6) is -0.492. The van der Waals surface area contributed by atoms with E-state index < -0.39 is 12.0 Å². The van der Waals surface area contributed by atoms with E-state index in [0.717, 1.165) is 0 Å². The van der Waals surface area contributed by atoms with Gasteiger partial charge in [0.15, 0.2) is 0 Å². The van der Waals surface area contributed by atoms with Crippen LogP contribution >= 0.6 is 0 Å². The number of carboxylic acids is 1. The molecule has 0 bridgehead atoms. The van der Waals surface area contributed by atoms with E-state index in [2.05, 4.69) is 5.32 Å². The van der Waals surface area contributed by atoms with Gasteiger partial charge in [-0.3, -0.25) is 9.59 Å². The number of nitrogens with one attached hydrogen (secondary N) is 1. The van der Waals surface area contributed by atoms with E-state index in [1.165, 1.54) is 6.92 Å². The zero-order valence-corrected chi connectivity index (χ0v) is 9.20. The van der Waals surface area contributed by atoms with Crippen LogP contribution in [0.1, 0.15) is 34.1 Å². The Morgan fingerprint density at radius 3 is 2.07 bits per heavy atom. The lowest BCUT2D eigenvalue weighted by Gasteiger charge is -2.16. The Balaban J connectivity index is 3.93. The second-order valence-corrected chi connectivity index (χ2v) is 4.05. The molecule has 0 spiro atoms. The highest BCUT2D eigenvalue weighted by molar-refractivity contribution is 5.83. The van der Waals surface area contributed by atoms with Crippen LogP contribution in [0.15, 0.2) is 0 Å². The molecular formula is C10H19NO3. The Labute approximate surface area is 84.7 Å². The standard InChI is InChI=1S/C10H19NO3/c1-6(2)7(3)5-9(12)11-8(4)10(13)14/h6-8H,5H2,1-4H3,(H,11,12)(H,13,14)/t7?,8-/m0/s1. The van der Waals surface area contributed by atoms with E-state index in [-0.39, 0.29) is 11.8 Å². The molecule has 0 saturated carbocycles. The number of rotatable bonds is 5. The maximum Gasteiger partial charge on any atom is 0.325 e. The molecule has 2 N–H and O–H groups in total. The van der Waals surface area contributed by atoms with Crippen LogP contribution in [0.3, 0.4) is 0 Å². The van der Waals surface area contributed by atoms with Crippen molar-refractivity contribution in [1.82, 2.24) is 5.32 Å². The quantitative estimate of drug-likeness (QED) is 0.703. The minimum atomic E-state index is -1.00. The fourth-order valence-corrected chi connectivity index (χ4v) is 0.890. The van der Waals surface area contributed by atoms with Crippen LogP contribution in [-0.2, 0) is 9.59 Å². The number of amides is 1. The average Bonchev–Trinajstić information content (AvgIpc) is 2.03. The summed E-state index contributed by atoms with van der Waals surface area (Å²) in [6.07, 6.45) is 0.384. The molecule has 0 aromatic rings. The largest absolute Gasteiger partial charge is 0.480 e. The van der Waals surface area contributed by atoms with E-state index in [4.69, 9.17) is 5.11 Å². The first kappa shape index (κ1) is 12.9. The Bertz CT molecular complexity index is 213. The molecule has 1 amide bonds. The van der Waals surface area contributed by atoms with Crippen molar-refractivity contribution in [3.63, 3.8) is 0 Å². The fourth-order valence-electron chi connectivity index (χ4n) is 0.890. The van der Waals surface area contributed by atoms with E-state index in [1.54, 1.807) is 0 Å². The number of carbonyl (C=O) groups excluding carboxylic acids is 1. The Kier molecular flexibility index (Phi) is 5.20. The van der Waals surface area contributed by atoms with Crippen LogP contribution in [0.5, 0.6) is 0 Å². The summed E-state index contributed by atoms with van der Waals surface area (Å²) in [4.78, 5) is 21.7. The molecule has 4 heteroatoms. The van der Waals surface area contributed by atoms with Crippen molar-refractivity contribution < 1.29 is 14.7 Å². The fraction of sp³-hybridized carbons (Fsp3) is 0.800. The summed E-state index contributed by atoms with van der Waals surface area (Å²) in [7, 11) is 0. The van der Waals surface area contributed by atoms with Crippen molar-refractivity contribution in [1.29, 1.82) is 0 Å². The second kappa shape index (κ2) is 5.62. The summed E-state index contributed by atoms with van der Waals surface area (Å²) in [6, 6.07) is -0.804. The zero-order chi connectivity index (χ0) is 11.3. The van der Waals surface area contributed by atoms with Gasteiger partial charge in [0.05, 0.1) is 0 Å². The third-order valence-corrected chi connectivity index (χ3v) is 2.39. The molecule has 0 aliphatic carbocycles. The lowest BCUT2D eigenvalue weighted by molar-refractivity contribution is -0.141. The van der Waals surface area contributed by atoms with Crippen molar-refractivity contribution in [3.05, 3.63) is 0 Å². The van der Waals surface area contributed by atoms with Crippen molar-refractivity contribution >= 4 is 11.9 Å². The van der Waals surface area contributed by atoms with Crippen molar-refractivity contribution in [3.8, 4) is 0 Å². The Hall–Kier alpha value is -1.06. The van der Waals surface area contributed by atoms with Gasteiger partial charge in [0.2, 0.25) is 5.91 Å². The Morgan fingerprint density at radius 1 is 1.21 bits per heavy atom. The molecule has 1 unspecified atom stereocenters. The molecule has 0 saturated heterocycles. The molecule has 0 rings (SSSR count). The minimum Gasteiger partial charge on any atom is -0.480 e. The number of carbonyl (C=O) groups is 2. The number of hydrogen-bond donors (Lipinski definition) is 2. The summed E-state index contributed by atoms with van der Waals surface area (Å²) >= 11 is 0. The van der Waals surface area contributed by atoms with E-state index in [0.29, 0.717) is 12.3 Å². The molecule has 0 aromatic carbocycles. The molecule has 14 heavy (non-hydrogen) atoms. The van der Waals surface area contributed by atoms with Gasteiger partial charge in [-0.2, -0.15) is 0 Å². The van der Waals surface area contributed by atoms with Crippen molar-refractivity contribution in [2.24, 2.45) is 11.8 Å². The van der Waals surface area contributed by atoms with Crippen LogP contribution in [0.2, 0.25) is 0 Å². The first-order chi connectivity index (χ1) is 6.34. The van der Waals surface area contributed by atoms with Gasteiger partial charge in [0.1, 0.15) is 6.04 Å². The van der Waals surface area contributed by atoms with Gasteiger partial charge in [-0.25, -0.2) is 0 Å². The molecular weight excluding hydrogens is 182 g/mol. The second-order valence-electron chi connectivity index (χ2n) is 4.05. The maximum atomic E-state index is 11.3. The van der Waals surface area contributed by atoms with Gasteiger partial charge in [-0.05, 0) is 18.8 Å². The SMILES string of the molecule is CC(C)C(C)CC(=O)N[C@@H](C)C(=O)O. The molecule has 0 aliphatic heterocycles. The van der Waals surface area contributed by atoms with E-state index in [1.807, 2.05) is 20.8 Å². The lowest BCUT2D eigenvalue weighted by atomic mass is 9.94. The number of carboxylic acid groups (broad SMARTS) is 1. The van der Waals surface area contributed by atoms with Crippen LogP contribution in [0.4, 0.5) is 0 Å². The van der Waals surface area contributed by atoms with Crippen molar-refractivity contribution in [2.75, 3.05) is 0 Å². The topological polar surface area (TPSA) is 66.4 Å². The van der Waals surface area contributed by atoms with E-state index >= 15 is 0 Å². The smallest absolute Gasteiger partial charge is 0.325 e. The van der Waals surface area contributed by atoms with Gasteiger partial charge < -0.3 is 10.4 Å². The summed E-state index contributed by atoms with van der Waals surface area (Å²) < 4.78 is 0.